The van der Waals surface area contributed by atoms with Crippen LogP contribution in [0, 0.1) is 0 Å². The molecular weight excluding hydrogens is 280 g/mol. The summed E-state index contributed by atoms with van der Waals surface area (Å²) in [5.74, 6) is -0.134. The number of hydrogen-bond donors (Lipinski definition) is 2. The van der Waals surface area contributed by atoms with Crippen molar-refractivity contribution < 1.29 is 18.3 Å². The molecule has 110 valence electrons. The van der Waals surface area contributed by atoms with E-state index in [-0.39, 0.29) is 36.4 Å². The van der Waals surface area contributed by atoms with Gasteiger partial charge >= 0.3 is 0 Å². The summed E-state index contributed by atoms with van der Waals surface area (Å²) in [5.41, 5.74) is 1.34. The van der Waals surface area contributed by atoms with Crippen LogP contribution in [-0.4, -0.2) is 42.9 Å². The highest BCUT2D eigenvalue weighted by Crippen LogP contribution is 2.27. The lowest BCUT2D eigenvalue weighted by Crippen LogP contribution is -2.38. The minimum atomic E-state index is -3.67. The number of nitrogens with zero attached hydrogens (tertiary/aromatic N) is 1. The van der Waals surface area contributed by atoms with Gasteiger partial charge in [-0.05, 0) is 37.6 Å². The van der Waals surface area contributed by atoms with E-state index in [9.17, 15) is 13.2 Å². The van der Waals surface area contributed by atoms with Crippen molar-refractivity contribution in [1.29, 1.82) is 0 Å². The summed E-state index contributed by atoms with van der Waals surface area (Å²) in [6, 6.07) is 4.35. The predicted molar refractivity (Wildman–Crippen MR) is 74.9 cm³/mol. The van der Waals surface area contributed by atoms with Gasteiger partial charge in [0.05, 0.1) is 17.9 Å². The van der Waals surface area contributed by atoms with Crippen LogP contribution in [0.3, 0.4) is 0 Å². The summed E-state index contributed by atoms with van der Waals surface area (Å²) in [7, 11) is -3.67. The van der Waals surface area contributed by atoms with E-state index >= 15 is 0 Å². The Kier molecular flexibility index (Phi) is 4.12. The number of sulfonamides is 1. The fourth-order valence-electron chi connectivity index (χ4n) is 2.26. The molecule has 7 heteroatoms. The van der Waals surface area contributed by atoms with Gasteiger partial charge in [0.1, 0.15) is 0 Å². The topological polar surface area (TPSA) is 86.7 Å². The maximum Gasteiger partial charge on any atom is 0.243 e. The largest absolute Gasteiger partial charge is 0.395 e. The van der Waals surface area contributed by atoms with Crippen LogP contribution in [0.15, 0.2) is 23.1 Å². The van der Waals surface area contributed by atoms with E-state index < -0.39 is 10.0 Å². The summed E-state index contributed by atoms with van der Waals surface area (Å²) in [5, 5.41) is 11.7. The van der Waals surface area contributed by atoms with E-state index in [4.69, 9.17) is 5.11 Å². The third-order valence-electron chi connectivity index (χ3n) is 3.20. The minimum absolute atomic E-state index is 0.0499. The van der Waals surface area contributed by atoms with Crippen molar-refractivity contribution in [3.8, 4) is 0 Å². The Morgan fingerprint density at radius 2 is 2.10 bits per heavy atom. The van der Waals surface area contributed by atoms with E-state index in [1.165, 1.54) is 16.4 Å². The third-order valence-corrected chi connectivity index (χ3v) is 5.28. The molecule has 0 aliphatic carbocycles. The Morgan fingerprint density at radius 1 is 1.40 bits per heavy atom. The molecule has 0 saturated heterocycles. The van der Waals surface area contributed by atoms with Gasteiger partial charge in [0.25, 0.3) is 0 Å². The molecule has 1 aromatic rings. The number of carbonyl (C=O) groups is 1. The van der Waals surface area contributed by atoms with Gasteiger partial charge in [-0.2, -0.15) is 4.31 Å². The van der Waals surface area contributed by atoms with E-state index in [1.54, 1.807) is 19.9 Å². The Balaban J connectivity index is 2.39. The lowest BCUT2D eigenvalue weighted by molar-refractivity contribution is -0.115. The second-order valence-electron chi connectivity index (χ2n) is 4.98. The van der Waals surface area contributed by atoms with Crippen LogP contribution in [0.25, 0.3) is 0 Å². The molecule has 0 radical (unpaired) electrons. The minimum Gasteiger partial charge on any atom is -0.395 e. The second-order valence-corrected chi connectivity index (χ2v) is 6.87. The molecule has 0 aromatic heterocycles. The zero-order chi connectivity index (χ0) is 14.9. The van der Waals surface area contributed by atoms with E-state index in [2.05, 4.69) is 5.32 Å². The first-order valence-corrected chi connectivity index (χ1v) is 7.85. The summed E-state index contributed by atoms with van der Waals surface area (Å²) < 4.78 is 26.4. The molecule has 1 aliphatic rings. The number of anilines is 1. The smallest absolute Gasteiger partial charge is 0.243 e. The zero-order valence-electron chi connectivity index (χ0n) is 11.5. The van der Waals surface area contributed by atoms with Crippen LogP contribution in [0.4, 0.5) is 5.69 Å². The normalized spacial score (nSPS) is 14.8. The fraction of sp³-hybridized carbons (Fsp3) is 0.462. The van der Waals surface area contributed by atoms with Gasteiger partial charge in [-0.3, -0.25) is 4.79 Å². The summed E-state index contributed by atoms with van der Waals surface area (Å²) in [6.07, 6.45) is 0.195. The van der Waals surface area contributed by atoms with E-state index in [0.717, 1.165) is 0 Å². The molecule has 1 aliphatic heterocycles. The molecule has 0 saturated carbocycles. The van der Waals surface area contributed by atoms with Gasteiger partial charge in [-0.15, -0.1) is 0 Å². The predicted octanol–water partition coefficient (Wildman–Crippen LogP) is 0.573. The number of benzene rings is 1. The lowest BCUT2D eigenvalue weighted by Gasteiger charge is -2.25. The summed E-state index contributed by atoms with van der Waals surface area (Å²) in [6.45, 7) is 3.33. The molecule has 0 unspecified atom stereocenters. The van der Waals surface area contributed by atoms with E-state index in [1.807, 2.05) is 0 Å². The highest BCUT2D eigenvalue weighted by Gasteiger charge is 2.28. The standard InChI is InChI=1S/C13H18N2O4S/c1-9(2)15(5-6-16)20(18,19)11-3-4-12-10(7-11)8-13(17)14-12/h3-4,7,9,16H,5-6,8H2,1-2H3,(H,14,17). The molecule has 1 heterocycles. The molecule has 0 fully saturated rings. The van der Waals surface area contributed by atoms with Crippen LogP contribution >= 0.6 is 0 Å². The van der Waals surface area contributed by atoms with Gasteiger partial charge in [0.15, 0.2) is 0 Å². The van der Waals surface area contributed by atoms with Crippen molar-refractivity contribution in [3.05, 3.63) is 23.8 Å². The molecule has 1 aromatic carbocycles. The highest BCUT2D eigenvalue weighted by atomic mass is 32.2. The van der Waals surface area contributed by atoms with Crippen molar-refractivity contribution >= 4 is 21.6 Å². The maximum atomic E-state index is 12.6. The van der Waals surface area contributed by atoms with Crippen molar-refractivity contribution in [2.75, 3.05) is 18.5 Å². The first-order valence-electron chi connectivity index (χ1n) is 6.41. The van der Waals surface area contributed by atoms with Crippen molar-refractivity contribution in [2.45, 2.75) is 31.2 Å². The third kappa shape index (κ3) is 2.70. The average molecular weight is 298 g/mol. The first-order chi connectivity index (χ1) is 9.36. The Morgan fingerprint density at radius 3 is 2.70 bits per heavy atom. The zero-order valence-corrected chi connectivity index (χ0v) is 12.3. The van der Waals surface area contributed by atoms with Crippen LogP contribution < -0.4 is 5.32 Å². The highest BCUT2D eigenvalue weighted by molar-refractivity contribution is 7.89. The first kappa shape index (κ1) is 15.0. The molecule has 2 rings (SSSR count). The maximum absolute atomic E-state index is 12.6. The fourth-order valence-corrected chi connectivity index (χ4v) is 3.94. The molecular formula is C13H18N2O4S. The number of rotatable bonds is 5. The van der Waals surface area contributed by atoms with Gasteiger partial charge in [0, 0.05) is 18.3 Å². The van der Waals surface area contributed by atoms with Gasteiger partial charge in [-0.25, -0.2) is 8.42 Å². The summed E-state index contributed by atoms with van der Waals surface area (Å²) >= 11 is 0. The SMILES string of the molecule is CC(C)N(CCO)S(=O)(=O)c1ccc2c(c1)CC(=O)N2. The molecule has 0 atom stereocenters. The van der Waals surface area contributed by atoms with Crippen LogP contribution in [0.5, 0.6) is 0 Å². The van der Waals surface area contributed by atoms with Gasteiger partial charge in [-0.1, -0.05) is 0 Å². The average Bonchev–Trinajstić information content (AvgIpc) is 2.74. The molecule has 20 heavy (non-hydrogen) atoms. The molecule has 0 spiro atoms. The Bertz CT molecular complexity index is 625. The monoisotopic (exact) mass is 298 g/mol. The summed E-state index contributed by atoms with van der Waals surface area (Å²) in [4.78, 5) is 11.4. The molecule has 2 N–H and O–H groups in total. The molecule has 6 nitrogen and oxygen atoms in total. The number of aliphatic hydroxyl groups is 1. The molecule has 1 amide bonds. The van der Waals surface area contributed by atoms with Crippen molar-refractivity contribution in [1.82, 2.24) is 4.31 Å². The van der Waals surface area contributed by atoms with Crippen LogP contribution in [-0.2, 0) is 21.2 Å². The van der Waals surface area contributed by atoms with Gasteiger partial charge < -0.3 is 10.4 Å². The second kappa shape index (κ2) is 5.51. The van der Waals surface area contributed by atoms with Gasteiger partial charge in [0.2, 0.25) is 15.9 Å². The van der Waals surface area contributed by atoms with E-state index in [0.29, 0.717) is 11.3 Å². The number of hydrogen-bond acceptors (Lipinski definition) is 4. The molecule has 0 bridgehead atoms. The van der Waals surface area contributed by atoms with Crippen molar-refractivity contribution in [3.63, 3.8) is 0 Å². The Hall–Kier alpha value is -1.44. The van der Waals surface area contributed by atoms with Crippen molar-refractivity contribution in [2.24, 2.45) is 0 Å². The number of nitrogens with one attached hydrogen (secondary N) is 1. The number of carbonyl (C=O) groups excluding carboxylic acids is 1. The number of amides is 1. The quantitative estimate of drug-likeness (QED) is 0.832. The van der Waals surface area contributed by atoms with Crippen LogP contribution in [0.2, 0.25) is 0 Å². The lowest BCUT2D eigenvalue weighted by atomic mass is 10.2. The number of fused-ring (bicyclic) bond motifs is 1. The van der Waals surface area contributed by atoms with Crippen LogP contribution in [0.1, 0.15) is 19.4 Å². The number of aliphatic hydroxyl groups excluding tert-OH is 1. The Labute approximate surface area is 118 Å².